The maximum atomic E-state index is 9.88. The molecule has 0 saturated heterocycles. The molecule has 2 rings (SSSR count). The van der Waals surface area contributed by atoms with Gasteiger partial charge < -0.3 is 15.2 Å². The first-order chi connectivity index (χ1) is 8.70. The first kappa shape index (κ1) is 13.7. The van der Waals surface area contributed by atoms with E-state index < -0.39 is 0 Å². The first-order valence-electron chi connectivity index (χ1n) is 6.44. The molecule has 0 aliphatic heterocycles. The fourth-order valence-corrected chi connectivity index (χ4v) is 2.70. The zero-order chi connectivity index (χ0) is 13.0. The second-order valence-electron chi connectivity index (χ2n) is 4.81. The lowest BCUT2D eigenvalue weighted by Gasteiger charge is -2.28. The molecule has 3 nitrogen and oxygen atoms in total. The summed E-state index contributed by atoms with van der Waals surface area (Å²) >= 11 is 6.08. The van der Waals surface area contributed by atoms with Gasteiger partial charge in [-0.05, 0) is 30.5 Å². The standard InChI is InChI=1S/C14H20ClNO2/c1-18-14-7-6-10(8-11(14)15)9-16-12-4-2-3-5-13(12)17/h6-8,12-13,16-17H,2-5,9H2,1H3. The molecule has 2 unspecified atom stereocenters. The number of hydrogen-bond donors (Lipinski definition) is 2. The van der Waals surface area contributed by atoms with Gasteiger partial charge in [0.25, 0.3) is 0 Å². The molecule has 4 heteroatoms. The summed E-state index contributed by atoms with van der Waals surface area (Å²) in [6.07, 6.45) is 4.06. The minimum absolute atomic E-state index is 0.208. The number of rotatable bonds is 4. The van der Waals surface area contributed by atoms with Gasteiger partial charge in [0.1, 0.15) is 5.75 Å². The molecule has 2 atom stereocenters. The smallest absolute Gasteiger partial charge is 0.137 e. The summed E-state index contributed by atoms with van der Waals surface area (Å²) in [4.78, 5) is 0. The van der Waals surface area contributed by atoms with Gasteiger partial charge in [-0.1, -0.05) is 30.5 Å². The average molecular weight is 270 g/mol. The zero-order valence-corrected chi connectivity index (χ0v) is 11.4. The molecule has 2 N–H and O–H groups in total. The third-order valence-electron chi connectivity index (χ3n) is 3.51. The van der Waals surface area contributed by atoms with Crippen molar-refractivity contribution in [3.8, 4) is 5.75 Å². The predicted molar refractivity (Wildman–Crippen MR) is 73.1 cm³/mol. The maximum absolute atomic E-state index is 9.88. The lowest BCUT2D eigenvalue weighted by molar-refractivity contribution is 0.0902. The van der Waals surface area contributed by atoms with Crippen LogP contribution in [0.4, 0.5) is 0 Å². The minimum atomic E-state index is -0.215. The molecule has 1 aromatic rings. The maximum Gasteiger partial charge on any atom is 0.137 e. The Hall–Kier alpha value is -0.770. The van der Waals surface area contributed by atoms with Crippen molar-refractivity contribution >= 4 is 11.6 Å². The van der Waals surface area contributed by atoms with E-state index in [1.165, 1.54) is 6.42 Å². The summed E-state index contributed by atoms with van der Waals surface area (Å²) in [5.74, 6) is 0.693. The van der Waals surface area contributed by atoms with Gasteiger partial charge in [-0.2, -0.15) is 0 Å². The Morgan fingerprint density at radius 3 is 2.83 bits per heavy atom. The van der Waals surface area contributed by atoms with Gasteiger partial charge >= 0.3 is 0 Å². The lowest BCUT2D eigenvalue weighted by atomic mass is 9.92. The number of aliphatic hydroxyl groups excluding tert-OH is 1. The number of benzene rings is 1. The van der Waals surface area contributed by atoms with Crippen molar-refractivity contribution < 1.29 is 9.84 Å². The van der Waals surface area contributed by atoms with Crippen LogP contribution in [0.25, 0.3) is 0 Å². The van der Waals surface area contributed by atoms with Crippen LogP contribution in [0.3, 0.4) is 0 Å². The molecule has 0 aromatic heterocycles. The van der Waals surface area contributed by atoms with Crippen molar-refractivity contribution in [2.24, 2.45) is 0 Å². The SMILES string of the molecule is COc1ccc(CNC2CCCCC2O)cc1Cl. The molecule has 100 valence electrons. The van der Waals surface area contributed by atoms with Crippen LogP contribution in [0.2, 0.25) is 5.02 Å². The topological polar surface area (TPSA) is 41.5 Å². The zero-order valence-electron chi connectivity index (χ0n) is 10.7. The summed E-state index contributed by atoms with van der Waals surface area (Å²) < 4.78 is 5.12. The van der Waals surface area contributed by atoms with E-state index in [1.54, 1.807) is 7.11 Å². The predicted octanol–water partition coefficient (Wildman–Crippen LogP) is 2.74. The van der Waals surface area contributed by atoms with E-state index in [1.807, 2.05) is 18.2 Å². The lowest BCUT2D eigenvalue weighted by Crippen LogP contribution is -2.41. The number of aliphatic hydroxyl groups is 1. The van der Waals surface area contributed by atoms with Crippen molar-refractivity contribution in [2.45, 2.75) is 44.4 Å². The van der Waals surface area contributed by atoms with Crippen molar-refractivity contribution in [1.82, 2.24) is 5.32 Å². The molecule has 1 aliphatic carbocycles. The Morgan fingerprint density at radius 2 is 2.17 bits per heavy atom. The van der Waals surface area contributed by atoms with Gasteiger partial charge in [-0.3, -0.25) is 0 Å². The Balaban J connectivity index is 1.91. The minimum Gasteiger partial charge on any atom is -0.495 e. The second-order valence-corrected chi connectivity index (χ2v) is 5.22. The molecule has 0 radical (unpaired) electrons. The Labute approximate surface area is 113 Å². The molecule has 18 heavy (non-hydrogen) atoms. The summed E-state index contributed by atoms with van der Waals surface area (Å²) in [7, 11) is 1.61. The van der Waals surface area contributed by atoms with Crippen LogP contribution in [-0.2, 0) is 6.54 Å². The molecule has 0 spiro atoms. The summed E-state index contributed by atoms with van der Waals surface area (Å²) in [6.45, 7) is 0.728. The third-order valence-corrected chi connectivity index (χ3v) is 3.81. The quantitative estimate of drug-likeness (QED) is 0.883. The largest absolute Gasteiger partial charge is 0.495 e. The Kier molecular flexibility index (Phi) is 4.87. The summed E-state index contributed by atoms with van der Waals surface area (Å²) in [6, 6.07) is 5.98. The van der Waals surface area contributed by atoms with Crippen molar-refractivity contribution in [1.29, 1.82) is 0 Å². The molecule has 1 saturated carbocycles. The molecule has 1 fully saturated rings. The van der Waals surface area contributed by atoms with E-state index in [9.17, 15) is 5.11 Å². The van der Waals surface area contributed by atoms with Crippen LogP contribution < -0.4 is 10.1 Å². The fourth-order valence-electron chi connectivity index (χ4n) is 2.42. The van der Waals surface area contributed by atoms with E-state index in [4.69, 9.17) is 16.3 Å². The highest BCUT2D eigenvalue weighted by Crippen LogP contribution is 2.25. The Morgan fingerprint density at radius 1 is 1.39 bits per heavy atom. The number of nitrogens with one attached hydrogen (secondary N) is 1. The normalized spacial score (nSPS) is 23.9. The van der Waals surface area contributed by atoms with Crippen molar-refractivity contribution in [3.63, 3.8) is 0 Å². The van der Waals surface area contributed by atoms with Crippen LogP contribution in [0.1, 0.15) is 31.2 Å². The van der Waals surface area contributed by atoms with E-state index in [0.29, 0.717) is 10.8 Å². The number of ether oxygens (including phenoxy) is 1. The van der Waals surface area contributed by atoms with Crippen LogP contribution >= 0.6 is 11.6 Å². The van der Waals surface area contributed by atoms with Gasteiger partial charge in [0.2, 0.25) is 0 Å². The van der Waals surface area contributed by atoms with Gasteiger partial charge in [0.15, 0.2) is 0 Å². The van der Waals surface area contributed by atoms with E-state index in [2.05, 4.69) is 5.32 Å². The van der Waals surface area contributed by atoms with Crippen LogP contribution in [-0.4, -0.2) is 24.4 Å². The van der Waals surface area contributed by atoms with E-state index in [-0.39, 0.29) is 12.1 Å². The van der Waals surface area contributed by atoms with Gasteiger partial charge in [0, 0.05) is 12.6 Å². The number of halogens is 1. The van der Waals surface area contributed by atoms with Gasteiger partial charge in [-0.25, -0.2) is 0 Å². The fraction of sp³-hybridized carbons (Fsp3) is 0.571. The van der Waals surface area contributed by atoms with Crippen molar-refractivity contribution in [2.75, 3.05) is 7.11 Å². The number of hydrogen-bond acceptors (Lipinski definition) is 3. The summed E-state index contributed by atoms with van der Waals surface area (Å²) in [5, 5.41) is 13.9. The Bertz CT molecular complexity index is 397. The average Bonchev–Trinajstić information content (AvgIpc) is 2.38. The van der Waals surface area contributed by atoms with Gasteiger partial charge in [0.05, 0.1) is 18.2 Å². The second kappa shape index (κ2) is 6.41. The van der Waals surface area contributed by atoms with Crippen LogP contribution in [0.15, 0.2) is 18.2 Å². The highest BCUT2D eigenvalue weighted by atomic mass is 35.5. The van der Waals surface area contributed by atoms with Crippen LogP contribution in [0, 0.1) is 0 Å². The molecular formula is C14H20ClNO2. The third kappa shape index (κ3) is 3.37. The highest BCUT2D eigenvalue weighted by Gasteiger charge is 2.22. The van der Waals surface area contributed by atoms with E-state index >= 15 is 0 Å². The van der Waals surface area contributed by atoms with E-state index in [0.717, 1.165) is 31.4 Å². The van der Waals surface area contributed by atoms with Gasteiger partial charge in [-0.15, -0.1) is 0 Å². The molecule has 0 bridgehead atoms. The first-order valence-corrected chi connectivity index (χ1v) is 6.82. The summed E-state index contributed by atoms with van der Waals surface area (Å²) in [5.41, 5.74) is 1.11. The number of methoxy groups -OCH3 is 1. The van der Waals surface area contributed by atoms with Crippen LogP contribution in [0.5, 0.6) is 5.75 Å². The monoisotopic (exact) mass is 269 g/mol. The molecule has 1 aliphatic rings. The molecule has 1 aromatic carbocycles. The molecule has 0 amide bonds. The highest BCUT2D eigenvalue weighted by molar-refractivity contribution is 6.32. The molecular weight excluding hydrogens is 250 g/mol. The molecule has 0 heterocycles. The van der Waals surface area contributed by atoms with Crippen molar-refractivity contribution in [3.05, 3.63) is 28.8 Å².